The zero-order chi connectivity index (χ0) is 14.7. The molecule has 1 aromatic heterocycles. The lowest BCUT2D eigenvalue weighted by Gasteiger charge is -2.03. The summed E-state index contributed by atoms with van der Waals surface area (Å²) < 4.78 is 2.21. The van der Waals surface area contributed by atoms with Crippen LogP contribution in [0.4, 0.5) is 0 Å². The lowest BCUT2D eigenvalue weighted by Crippen LogP contribution is -2.00. The van der Waals surface area contributed by atoms with Gasteiger partial charge >= 0.3 is 0 Å². The third-order valence-electron chi connectivity index (χ3n) is 3.99. The number of benzene rings is 2. The van der Waals surface area contributed by atoms with Gasteiger partial charge in [0.1, 0.15) is 5.82 Å². The highest BCUT2D eigenvalue weighted by atomic mass is 15.1. The van der Waals surface area contributed by atoms with Crippen LogP contribution in [0.25, 0.3) is 0 Å². The second-order valence-electron chi connectivity index (χ2n) is 5.44. The molecule has 2 nitrogen and oxygen atoms in total. The van der Waals surface area contributed by atoms with Crippen LogP contribution in [0.5, 0.6) is 0 Å². The van der Waals surface area contributed by atoms with Crippen LogP contribution in [-0.4, -0.2) is 9.55 Å². The minimum Gasteiger partial charge on any atom is -0.335 e. The monoisotopic (exact) mass is 276 g/mol. The summed E-state index contributed by atoms with van der Waals surface area (Å²) >= 11 is 0. The molecule has 2 aromatic carbocycles. The second kappa shape index (κ2) is 5.96. The highest BCUT2D eigenvalue weighted by Crippen LogP contribution is 2.16. The van der Waals surface area contributed by atoms with Crippen molar-refractivity contribution in [3.8, 4) is 0 Å². The average molecular weight is 276 g/mol. The maximum atomic E-state index is 4.86. The fourth-order valence-corrected chi connectivity index (χ4v) is 2.59. The highest BCUT2D eigenvalue weighted by molar-refractivity contribution is 5.27. The van der Waals surface area contributed by atoms with Crippen molar-refractivity contribution in [2.75, 3.05) is 0 Å². The molecule has 0 spiro atoms. The Morgan fingerprint density at radius 1 is 0.810 bits per heavy atom. The van der Waals surface area contributed by atoms with Crippen molar-refractivity contribution in [2.24, 2.45) is 7.05 Å². The quantitative estimate of drug-likeness (QED) is 0.706. The van der Waals surface area contributed by atoms with Crippen LogP contribution in [0.2, 0.25) is 0 Å². The first-order valence-electron chi connectivity index (χ1n) is 7.33. The SMILES string of the molecule is Cc1c(Cc2ccccc2)nc(Cc2ccccc2)n1C. The van der Waals surface area contributed by atoms with E-state index in [0.717, 1.165) is 18.7 Å². The van der Waals surface area contributed by atoms with E-state index in [9.17, 15) is 0 Å². The Kier molecular flexibility index (Phi) is 3.87. The first-order valence-corrected chi connectivity index (χ1v) is 7.33. The predicted molar refractivity (Wildman–Crippen MR) is 86.4 cm³/mol. The van der Waals surface area contributed by atoms with Crippen LogP contribution < -0.4 is 0 Å². The van der Waals surface area contributed by atoms with E-state index in [2.05, 4.69) is 73.1 Å². The van der Waals surface area contributed by atoms with Gasteiger partial charge in [0.2, 0.25) is 0 Å². The van der Waals surface area contributed by atoms with E-state index in [4.69, 9.17) is 4.98 Å². The van der Waals surface area contributed by atoms with E-state index in [1.54, 1.807) is 0 Å². The lowest BCUT2D eigenvalue weighted by atomic mass is 10.1. The van der Waals surface area contributed by atoms with Crippen molar-refractivity contribution in [3.63, 3.8) is 0 Å². The summed E-state index contributed by atoms with van der Waals surface area (Å²) in [4.78, 5) is 4.86. The number of hydrogen-bond donors (Lipinski definition) is 0. The molecule has 0 N–H and O–H groups in total. The van der Waals surface area contributed by atoms with Crippen molar-refractivity contribution < 1.29 is 0 Å². The molecule has 0 saturated carbocycles. The first-order chi connectivity index (χ1) is 10.2. The van der Waals surface area contributed by atoms with E-state index in [-0.39, 0.29) is 0 Å². The van der Waals surface area contributed by atoms with Gasteiger partial charge in [-0.25, -0.2) is 4.98 Å². The Morgan fingerprint density at radius 3 is 1.90 bits per heavy atom. The first kappa shape index (κ1) is 13.6. The molecule has 3 rings (SSSR count). The van der Waals surface area contributed by atoms with Crippen molar-refractivity contribution in [1.29, 1.82) is 0 Å². The summed E-state index contributed by atoms with van der Waals surface area (Å²) in [5.41, 5.74) is 5.04. The van der Waals surface area contributed by atoms with Gasteiger partial charge in [0.25, 0.3) is 0 Å². The van der Waals surface area contributed by atoms with Crippen molar-refractivity contribution in [1.82, 2.24) is 9.55 Å². The number of imidazole rings is 1. The fourth-order valence-electron chi connectivity index (χ4n) is 2.59. The Bertz CT molecular complexity index is 650. The molecule has 0 bridgehead atoms. The predicted octanol–water partition coefficient (Wildman–Crippen LogP) is 3.91. The van der Waals surface area contributed by atoms with E-state index >= 15 is 0 Å². The van der Waals surface area contributed by atoms with Crippen molar-refractivity contribution >= 4 is 0 Å². The van der Waals surface area contributed by atoms with Crippen LogP contribution in [0.15, 0.2) is 60.7 Å². The molecule has 0 atom stereocenters. The van der Waals surface area contributed by atoms with Gasteiger partial charge in [-0.15, -0.1) is 0 Å². The van der Waals surface area contributed by atoms with Crippen molar-refractivity contribution in [3.05, 3.63) is 89.0 Å². The molecule has 0 aliphatic heterocycles. The molecule has 0 aliphatic rings. The lowest BCUT2D eigenvalue weighted by molar-refractivity contribution is 0.797. The number of hydrogen-bond acceptors (Lipinski definition) is 1. The topological polar surface area (TPSA) is 17.8 Å². The third kappa shape index (κ3) is 3.05. The van der Waals surface area contributed by atoms with Crippen LogP contribution in [0.1, 0.15) is 28.3 Å². The summed E-state index contributed by atoms with van der Waals surface area (Å²) in [5, 5.41) is 0. The number of nitrogens with zero attached hydrogens (tertiary/aromatic N) is 2. The molecule has 0 unspecified atom stereocenters. The van der Waals surface area contributed by atoms with Gasteiger partial charge in [-0.1, -0.05) is 60.7 Å². The number of aromatic nitrogens is 2. The minimum absolute atomic E-state index is 0.882. The molecular formula is C19H20N2. The standard InChI is InChI=1S/C19H20N2/c1-15-18(13-16-9-5-3-6-10-16)20-19(21(15)2)14-17-11-7-4-8-12-17/h3-12H,13-14H2,1-2H3. The maximum Gasteiger partial charge on any atom is 0.113 e. The van der Waals surface area contributed by atoms with E-state index in [1.807, 2.05) is 6.07 Å². The van der Waals surface area contributed by atoms with Crippen LogP contribution in [0.3, 0.4) is 0 Å². The van der Waals surface area contributed by atoms with Gasteiger partial charge in [-0.05, 0) is 18.1 Å². The maximum absolute atomic E-state index is 4.86. The molecule has 0 fully saturated rings. The molecule has 0 radical (unpaired) electrons. The largest absolute Gasteiger partial charge is 0.335 e. The van der Waals surface area contributed by atoms with Gasteiger partial charge in [0, 0.05) is 25.6 Å². The summed E-state index contributed by atoms with van der Waals surface area (Å²) in [6, 6.07) is 21.0. The Labute approximate surface area is 126 Å². The minimum atomic E-state index is 0.882. The molecular weight excluding hydrogens is 256 g/mol. The zero-order valence-electron chi connectivity index (χ0n) is 12.6. The Hall–Kier alpha value is -2.35. The van der Waals surface area contributed by atoms with Gasteiger partial charge in [-0.2, -0.15) is 0 Å². The second-order valence-corrected chi connectivity index (χ2v) is 5.44. The average Bonchev–Trinajstić information content (AvgIpc) is 2.78. The molecule has 0 amide bonds. The summed E-state index contributed by atoms with van der Waals surface area (Å²) in [6.45, 7) is 2.15. The van der Waals surface area contributed by atoms with Crippen LogP contribution >= 0.6 is 0 Å². The molecule has 106 valence electrons. The van der Waals surface area contributed by atoms with Crippen molar-refractivity contribution in [2.45, 2.75) is 19.8 Å². The van der Waals surface area contributed by atoms with Gasteiger partial charge in [-0.3, -0.25) is 0 Å². The molecule has 1 heterocycles. The van der Waals surface area contributed by atoms with Gasteiger partial charge in [0.05, 0.1) is 5.69 Å². The van der Waals surface area contributed by atoms with Gasteiger partial charge < -0.3 is 4.57 Å². The van der Waals surface area contributed by atoms with E-state index in [0.29, 0.717) is 0 Å². The highest BCUT2D eigenvalue weighted by Gasteiger charge is 2.11. The Balaban J connectivity index is 1.85. The summed E-state index contributed by atoms with van der Waals surface area (Å²) in [5.74, 6) is 1.13. The fraction of sp³-hybridized carbons (Fsp3) is 0.211. The molecule has 21 heavy (non-hydrogen) atoms. The molecule has 0 aliphatic carbocycles. The molecule has 2 heteroatoms. The van der Waals surface area contributed by atoms with Crippen LogP contribution in [0, 0.1) is 6.92 Å². The van der Waals surface area contributed by atoms with E-state index < -0.39 is 0 Å². The van der Waals surface area contributed by atoms with Crippen LogP contribution in [-0.2, 0) is 19.9 Å². The summed E-state index contributed by atoms with van der Waals surface area (Å²) in [7, 11) is 2.11. The summed E-state index contributed by atoms with van der Waals surface area (Å²) in [6.07, 6.45) is 1.78. The van der Waals surface area contributed by atoms with Gasteiger partial charge in [0.15, 0.2) is 0 Å². The zero-order valence-corrected chi connectivity index (χ0v) is 12.6. The smallest absolute Gasteiger partial charge is 0.113 e. The third-order valence-corrected chi connectivity index (χ3v) is 3.99. The van der Waals surface area contributed by atoms with E-state index in [1.165, 1.54) is 22.5 Å². The Morgan fingerprint density at radius 2 is 1.33 bits per heavy atom. The normalized spacial score (nSPS) is 10.8. The molecule has 3 aromatic rings. The molecule has 0 saturated heterocycles. The number of rotatable bonds is 4.